The average Bonchev–Trinajstić information content (AvgIpc) is 2.40. The summed E-state index contributed by atoms with van der Waals surface area (Å²) in [5, 5.41) is 0.207. The number of aromatic nitrogens is 3. The van der Waals surface area contributed by atoms with Crippen molar-refractivity contribution in [3.63, 3.8) is 0 Å². The van der Waals surface area contributed by atoms with Crippen LogP contribution in [-0.4, -0.2) is 56.8 Å². The maximum absolute atomic E-state index is 11.4. The fourth-order valence-electron chi connectivity index (χ4n) is 1.96. The Morgan fingerprint density at radius 1 is 1.21 bits per heavy atom. The molecular weight excluding hydrogens is 286 g/mol. The van der Waals surface area contributed by atoms with Crippen molar-refractivity contribution >= 4 is 34.3 Å². The predicted octanol–water partition coefficient (Wildman–Crippen LogP) is 0.940. The fraction of sp³-hybridized carbons (Fsp3) is 0.727. The lowest BCUT2D eigenvalue weighted by molar-refractivity contribution is 0.670. The average molecular weight is 304 g/mol. The van der Waals surface area contributed by atoms with E-state index in [9.17, 15) is 4.21 Å². The molecule has 1 aromatic heterocycles. The van der Waals surface area contributed by atoms with Gasteiger partial charge in [0, 0.05) is 48.5 Å². The Kier molecular flexibility index (Phi) is 4.93. The molecule has 2 heterocycles. The molecular formula is C11H18ClN5OS. The third-order valence-electron chi connectivity index (χ3n) is 3.09. The van der Waals surface area contributed by atoms with Crippen LogP contribution in [-0.2, 0) is 10.8 Å². The van der Waals surface area contributed by atoms with Crippen LogP contribution in [0, 0.1) is 0 Å². The van der Waals surface area contributed by atoms with Gasteiger partial charge in [-0.15, -0.1) is 0 Å². The lowest BCUT2D eigenvalue weighted by Crippen LogP contribution is -2.39. The van der Waals surface area contributed by atoms with Gasteiger partial charge in [-0.05, 0) is 25.4 Å². The molecule has 6 nitrogen and oxygen atoms in total. The van der Waals surface area contributed by atoms with Gasteiger partial charge in [0.15, 0.2) is 0 Å². The molecule has 8 heteroatoms. The SMILES string of the molecule is CCN(CC)c1nc(Cl)nc(N2CCS(=O)CC2)n1. The molecule has 0 aliphatic carbocycles. The van der Waals surface area contributed by atoms with Crippen LogP contribution >= 0.6 is 11.6 Å². The van der Waals surface area contributed by atoms with E-state index < -0.39 is 10.8 Å². The van der Waals surface area contributed by atoms with Crippen molar-refractivity contribution in [3.05, 3.63) is 5.28 Å². The number of nitrogens with zero attached hydrogens (tertiary/aromatic N) is 5. The van der Waals surface area contributed by atoms with Crippen molar-refractivity contribution < 1.29 is 4.21 Å². The van der Waals surface area contributed by atoms with Gasteiger partial charge in [-0.2, -0.15) is 15.0 Å². The van der Waals surface area contributed by atoms with Crippen molar-refractivity contribution in [1.82, 2.24) is 15.0 Å². The molecule has 1 fully saturated rings. The molecule has 0 amide bonds. The summed E-state index contributed by atoms with van der Waals surface area (Å²) < 4.78 is 11.4. The van der Waals surface area contributed by atoms with Gasteiger partial charge < -0.3 is 9.80 Å². The Bertz CT molecular complexity index is 458. The molecule has 0 aromatic carbocycles. The standard InChI is InChI=1S/C11H18ClN5OS/c1-3-16(4-2)10-13-9(12)14-11(15-10)17-5-7-19(18)8-6-17/h3-8H2,1-2H3. The van der Waals surface area contributed by atoms with Crippen molar-refractivity contribution in [2.24, 2.45) is 0 Å². The summed E-state index contributed by atoms with van der Waals surface area (Å²) in [7, 11) is -0.714. The zero-order valence-electron chi connectivity index (χ0n) is 11.2. The molecule has 0 atom stereocenters. The van der Waals surface area contributed by atoms with Crippen molar-refractivity contribution in [2.45, 2.75) is 13.8 Å². The lowest BCUT2D eigenvalue weighted by atomic mass is 10.5. The van der Waals surface area contributed by atoms with E-state index in [1.54, 1.807) is 0 Å². The van der Waals surface area contributed by atoms with Crippen LogP contribution in [0.3, 0.4) is 0 Å². The largest absolute Gasteiger partial charge is 0.341 e. The number of hydrogen-bond acceptors (Lipinski definition) is 6. The molecule has 0 spiro atoms. The molecule has 0 bridgehead atoms. The Morgan fingerprint density at radius 2 is 1.84 bits per heavy atom. The highest BCUT2D eigenvalue weighted by Crippen LogP contribution is 2.17. The molecule has 1 aromatic rings. The van der Waals surface area contributed by atoms with E-state index in [2.05, 4.69) is 15.0 Å². The van der Waals surface area contributed by atoms with Gasteiger partial charge in [0.2, 0.25) is 17.2 Å². The van der Waals surface area contributed by atoms with Gasteiger partial charge in [-0.25, -0.2) is 0 Å². The number of anilines is 2. The van der Waals surface area contributed by atoms with Gasteiger partial charge in [0.1, 0.15) is 0 Å². The number of rotatable bonds is 4. The molecule has 2 rings (SSSR count). The minimum atomic E-state index is -0.714. The van der Waals surface area contributed by atoms with Crippen LogP contribution in [0.1, 0.15) is 13.8 Å². The molecule has 0 saturated carbocycles. The molecule has 106 valence electrons. The van der Waals surface area contributed by atoms with E-state index in [4.69, 9.17) is 11.6 Å². The maximum atomic E-state index is 11.4. The highest BCUT2D eigenvalue weighted by molar-refractivity contribution is 7.85. The summed E-state index contributed by atoms with van der Waals surface area (Å²) in [6.45, 7) is 7.13. The molecule has 1 saturated heterocycles. The van der Waals surface area contributed by atoms with Crippen LogP contribution in [0.15, 0.2) is 0 Å². The quantitative estimate of drug-likeness (QED) is 0.825. The summed E-state index contributed by atoms with van der Waals surface area (Å²) in [6, 6.07) is 0. The molecule has 0 radical (unpaired) electrons. The Labute approximate surface area is 120 Å². The van der Waals surface area contributed by atoms with E-state index >= 15 is 0 Å². The fourth-order valence-corrected chi connectivity index (χ4v) is 3.16. The minimum Gasteiger partial charge on any atom is -0.341 e. The first-order chi connectivity index (χ1) is 9.13. The van der Waals surface area contributed by atoms with Crippen LogP contribution in [0.25, 0.3) is 0 Å². The third kappa shape index (κ3) is 3.54. The summed E-state index contributed by atoms with van der Waals surface area (Å²) >= 11 is 5.98. The first kappa shape index (κ1) is 14.5. The van der Waals surface area contributed by atoms with Gasteiger partial charge in [0.25, 0.3) is 0 Å². The van der Waals surface area contributed by atoms with Gasteiger partial charge in [0.05, 0.1) is 0 Å². The summed E-state index contributed by atoms with van der Waals surface area (Å²) in [4.78, 5) is 16.9. The van der Waals surface area contributed by atoms with E-state index in [1.807, 2.05) is 23.6 Å². The highest BCUT2D eigenvalue weighted by Gasteiger charge is 2.20. The summed E-state index contributed by atoms with van der Waals surface area (Å²) in [5.41, 5.74) is 0. The first-order valence-electron chi connectivity index (χ1n) is 6.40. The lowest BCUT2D eigenvalue weighted by Gasteiger charge is -2.27. The summed E-state index contributed by atoms with van der Waals surface area (Å²) in [5.74, 6) is 2.50. The van der Waals surface area contributed by atoms with E-state index in [-0.39, 0.29) is 5.28 Å². The zero-order valence-corrected chi connectivity index (χ0v) is 12.7. The zero-order chi connectivity index (χ0) is 13.8. The Morgan fingerprint density at radius 3 is 2.42 bits per heavy atom. The smallest absolute Gasteiger partial charge is 0.231 e. The topological polar surface area (TPSA) is 62.2 Å². The van der Waals surface area contributed by atoms with Crippen molar-refractivity contribution in [1.29, 1.82) is 0 Å². The van der Waals surface area contributed by atoms with Crippen LogP contribution < -0.4 is 9.80 Å². The van der Waals surface area contributed by atoms with Crippen LogP contribution in [0.4, 0.5) is 11.9 Å². The van der Waals surface area contributed by atoms with E-state index in [0.29, 0.717) is 36.5 Å². The predicted molar refractivity (Wildman–Crippen MR) is 78.5 cm³/mol. The van der Waals surface area contributed by atoms with Crippen molar-refractivity contribution in [2.75, 3.05) is 47.5 Å². The van der Waals surface area contributed by atoms with E-state index in [0.717, 1.165) is 13.1 Å². The Balaban J connectivity index is 2.23. The minimum absolute atomic E-state index is 0.207. The van der Waals surface area contributed by atoms with E-state index in [1.165, 1.54) is 0 Å². The molecule has 1 aliphatic heterocycles. The van der Waals surface area contributed by atoms with Crippen LogP contribution in [0.2, 0.25) is 5.28 Å². The number of hydrogen-bond donors (Lipinski definition) is 0. The second kappa shape index (κ2) is 6.47. The summed E-state index contributed by atoms with van der Waals surface area (Å²) in [6.07, 6.45) is 0. The maximum Gasteiger partial charge on any atom is 0.231 e. The highest BCUT2D eigenvalue weighted by atomic mass is 35.5. The second-order valence-electron chi connectivity index (χ2n) is 4.21. The number of halogens is 1. The normalized spacial score (nSPS) is 16.7. The van der Waals surface area contributed by atoms with Gasteiger partial charge in [-0.1, -0.05) is 0 Å². The van der Waals surface area contributed by atoms with Crippen LogP contribution in [0.5, 0.6) is 0 Å². The molecule has 0 unspecified atom stereocenters. The Hall–Kier alpha value is -0.950. The third-order valence-corrected chi connectivity index (χ3v) is 4.54. The molecule has 19 heavy (non-hydrogen) atoms. The monoisotopic (exact) mass is 303 g/mol. The van der Waals surface area contributed by atoms with Gasteiger partial charge in [-0.3, -0.25) is 4.21 Å². The molecule has 0 N–H and O–H groups in total. The second-order valence-corrected chi connectivity index (χ2v) is 6.25. The van der Waals surface area contributed by atoms with Gasteiger partial charge >= 0.3 is 0 Å². The first-order valence-corrected chi connectivity index (χ1v) is 8.27. The molecule has 1 aliphatic rings. The van der Waals surface area contributed by atoms with Crippen molar-refractivity contribution in [3.8, 4) is 0 Å².